The fraction of sp³-hybridized carbons (Fsp3) is 0.545. The Hall–Kier alpha value is -2.10. The highest BCUT2D eigenvalue weighted by Crippen LogP contribution is 2.36. The number of aryl methyl sites for hydroxylation is 1. The van der Waals surface area contributed by atoms with Gasteiger partial charge in [-0.15, -0.1) is 0 Å². The molecule has 1 aromatic rings. The van der Waals surface area contributed by atoms with Crippen LogP contribution in [0.5, 0.6) is 0 Å². The van der Waals surface area contributed by atoms with Gasteiger partial charge < -0.3 is 9.80 Å². The topological polar surface area (TPSA) is 40.6 Å². The van der Waals surface area contributed by atoms with Gasteiger partial charge in [-0.1, -0.05) is 29.8 Å². The minimum atomic E-state index is -0.125. The zero-order chi connectivity index (χ0) is 18.4. The van der Waals surface area contributed by atoms with Crippen LogP contribution in [-0.2, 0) is 9.59 Å². The molecule has 0 radical (unpaired) electrons. The van der Waals surface area contributed by atoms with Gasteiger partial charge in [0.25, 0.3) is 0 Å². The molecule has 4 nitrogen and oxygen atoms in total. The van der Waals surface area contributed by atoms with Crippen molar-refractivity contribution in [2.45, 2.75) is 64.5 Å². The largest absolute Gasteiger partial charge is 0.335 e. The summed E-state index contributed by atoms with van der Waals surface area (Å²) in [5.74, 6) is 0.307. The van der Waals surface area contributed by atoms with E-state index in [9.17, 15) is 9.59 Å². The van der Waals surface area contributed by atoms with Gasteiger partial charge in [-0.25, -0.2) is 0 Å². The maximum absolute atomic E-state index is 13.1. The fourth-order valence-corrected chi connectivity index (χ4v) is 5.00. The van der Waals surface area contributed by atoms with E-state index in [0.717, 1.165) is 42.4 Å². The van der Waals surface area contributed by atoms with Gasteiger partial charge in [0, 0.05) is 18.7 Å². The molecule has 2 saturated heterocycles. The van der Waals surface area contributed by atoms with Crippen molar-refractivity contribution >= 4 is 11.8 Å². The molecule has 2 amide bonds. The van der Waals surface area contributed by atoms with Gasteiger partial charge in [-0.05, 0) is 57.6 Å². The van der Waals surface area contributed by atoms with Gasteiger partial charge in [0.15, 0.2) is 0 Å². The van der Waals surface area contributed by atoms with Crippen molar-refractivity contribution in [3.05, 3.63) is 46.5 Å². The van der Waals surface area contributed by atoms with Crippen LogP contribution in [0.1, 0.15) is 56.6 Å². The van der Waals surface area contributed by atoms with Crippen molar-refractivity contribution < 1.29 is 9.59 Å². The Labute approximate surface area is 155 Å². The van der Waals surface area contributed by atoms with Crippen LogP contribution >= 0.6 is 0 Å². The lowest BCUT2D eigenvalue weighted by Crippen LogP contribution is -2.51. The molecular formula is C22H28N2O2. The number of nitrogens with zero attached hydrogens (tertiary/aromatic N) is 2. The average molecular weight is 352 g/mol. The van der Waals surface area contributed by atoms with Crippen LogP contribution in [0.15, 0.2) is 35.4 Å². The molecule has 4 rings (SSSR count). The number of carbonyl (C=O) groups is 2. The van der Waals surface area contributed by atoms with E-state index in [-0.39, 0.29) is 29.8 Å². The quantitative estimate of drug-likeness (QED) is 0.836. The van der Waals surface area contributed by atoms with E-state index in [0.29, 0.717) is 13.1 Å². The Morgan fingerprint density at radius 3 is 2.35 bits per heavy atom. The van der Waals surface area contributed by atoms with Crippen LogP contribution in [0.2, 0.25) is 0 Å². The third kappa shape index (κ3) is 2.76. The first-order chi connectivity index (χ1) is 12.5. The summed E-state index contributed by atoms with van der Waals surface area (Å²) < 4.78 is 0. The first-order valence-electron chi connectivity index (χ1n) is 9.83. The number of carbonyl (C=O) groups excluding carboxylic acids is 2. The molecule has 0 saturated carbocycles. The summed E-state index contributed by atoms with van der Waals surface area (Å²) in [4.78, 5) is 30.0. The van der Waals surface area contributed by atoms with Crippen molar-refractivity contribution in [3.63, 3.8) is 0 Å². The van der Waals surface area contributed by atoms with E-state index in [1.54, 1.807) is 0 Å². The van der Waals surface area contributed by atoms with Crippen molar-refractivity contribution in [2.75, 3.05) is 13.1 Å². The van der Waals surface area contributed by atoms with Crippen LogP contribution < -0.4 is 0 Å². The van der Waals surface area contributed by atoms with Gasteiger partial charge in [-0.3, -0.25) is 9.59 Å². The summed E-state index contributed by atoms with van der Waals surface area (Å²) in [6.45, 7) is 7.55. The van der Waals surface area contributed by atoms with Gasteiger partial charge in [0.05, 0.1) is 18.0 Å². The van der Waals surface area contributed by atoms with Crippen LogP contribution in [-0.4, -0.2) is 46.8 Å². The summed E-state index contributed by atoms with van der Waals surface area (Å²) in [5, 5.41) is 0. The van der Waals surface area contributed by atoms with E-state index >= 15 is 0 Å². The number of likely N-dealkylation sites (tertiary alicyclic amines) is 2. The molecule has 1 aromatic carbocycles. The van der Waals surface area contributed by atoms with Gasteiger partial charge in [0.2, 0.25) is 11.8 Å². The molecule has 2 heterocycles. The number of rotatable bonds is 3. The monoisotopic (exact) mass is 352 g/mol. The van der Waals surface area contributed by atoms with Crippen LogP contribution in [0.4, 0.5) is 0 Å². The normalized spacial score (nSPS) is 26.0. The minimum Gasteiger partial charge on any atom is -0.335 e. The second-order valence-corrected chi connectivity index (χ2v) is 8.18. The molecule has 26 heavy (non-hydrogen) atoms. The Morgan fingerprint density at radius 2 is 1.73 bits per heavy atom. The molecule has 1 unspecified atom stereocenters. The van der Waals surface area contributed by atoms with Crippen molar-refractivity contribution in [3.8, 4) is 0 Å². The second-order valence-electron chi connectivity index (χ2n) is 8.18. The molecule has 0 N–H and O–H groups in total. The summed E-state index contributed by atoms with van der Waals surface area (Å²) in [6, 6.07) is 8.51. The number of benzene rings is 1. The predicted octanol–water partition coefficient (Wildman–Crippen LogP) is 3.41. The summed E-state index contributed by atoms with van der Waals surface area (Å²) in [6.07, 6.45) is 4.02. The van der Waals surface area contributed by atoms with E-state index in [2.05, 4.69) is 26.0 Å². The van der Waals surface area contributed by atoms with Crippen molar-refractivity contribution in [1.29, 1.82) is 0 Å². The third-order valence-corrected chi connectivity index (χ3v) is 6.56. The Kier molecular flexibility index (Phi) is 4.37. The van der Waals surface area contributed by atoms with Gasteiger partial charge in [-0.2, -0.15) is 0 Å². The highest BCUT2D eigenvalue weighted by molar-refractivity contribution is 5.95. The first-order valence-corrected chi connectivity index (χ1v) is 9.83. The lowest BCUT2D eigenvalue weighted by molar-refractivity contribution is -0.138. The second kappa shape index (κ2) is 6.57. The molecule has 2 bridgehead atoms. The Balaban J connectivity index is 1.45. The average Bonchev–Trinajstić information content (AvgIpc) is 3.35. The van der Waals surface area contributed by atoms with E-state index in [1.807, 2.05) is 28.9 Å². The Morgan fingerprint density at radius 1 is 1.04 bits per heavy atom. The molecule has 2 fully saturated rings. The molecule has 3 aliphatic rings. The van der Waals surface area contributed by atoms with E-state index in [1.165, 1.54) is 5.57 Å². The molecule has 2 aliphatic heterocycles. The summed E-state index contributed by atoms with van der Waals surface area (Å²) in [7, 11) is 0. The number of hydrogen-bond donors (Lipinski definition) is 0. The van der Waals surface area contributed by atoms with Crippen LogP contribution in [0, 0.1) is 6.92 Å². The standard InChI is InChI=1S/C22H28N2O2/c1-14-7-4-5-9-19(14)16(3)21(25)23-12-18-11-17(23)13-24(18)22(26)20-10-6-8-15(20)2/h4-5,7,9,16-18H,6,8,10-13H2,1-3H3/t16?,17-,18-/m0/s1. The van der Waals surface area contributed by atoms with Crippen molar-refractivity contribution in [2.24, 2.45) is 0 Å². The Bertz CT molecular complexity index is 782. The zero-order valence-corrected chi connectivity index (χ0v) is 16.0. The number of allylic oxidation sites excluding steroid dienone is 1. The number of piperazine rings is 1. The lowest BCUT2D eigenvalue weighted by Gasteiger charge is -2.36. The predicted molar refractivity (Wildman–Crippen MR) is 102 cm³/mol. The fourth-order valence-electron chi connectivity index (χ4n) is 5.00. The number of hydrogen-bond acceptors (Lipinski definition) is 2. The molecule has 138 valence electrons. The molecule has 0 spiro atoms. The minimum absolute atomic E-state index is 0.125. The summed E-state index contributed by atoms with van der Waals surface area (Å²) in [5.41, 5.74) is 4.57. The number of fused-ring (bicyclic) bond motifs is 2. The van der Waals surface area contributed by atoms with Gasteiger partial charge >= 0.3 is 0 Å². The molecule has 1 aliphatic carbocycles. The lowest BCUT2D eigenvalue weighted by atomic mass is 9.95. The first kappa shape index (κ1) is 17.3. The molecule has 0 aromatic heterocycles. The van der Waals surface area contributed by atoms with Crippen LogP contribution in [0.25, 0.3) is 0 Å². The third-order valence-electron chi connectivity index (χ3n) is 6.56. The SMILES string of the molecule is CC1=C(C(=O)N2C[C@@H]3C[C@H]2CN3C(=O)C(C)c2ccccc2C)CCC1. The number of amides is 2. The zero-order valence-electron chi connectivity index (χ0n) is 16.0. The van der Waals surface area contributed by atoms with E-state index < -0.39 is 0 Å². The van der Waals surface area contributed by atoms with Gasteiger partial charge in [0.1, 0.15) is 0 Å². The maximum atomic E-state index is 13.1. The molecular weight excluding hydrogens is 324 g/mol. The van der Waals surface area contributed by atoms with Crippen molar-refractivity contribution in [1.82, 2.24) is 9.80 Å². The smallest absolute Gasteiger partial charge is 0.250 e. The molecule has 4 heteroatoms. The van der Waals surface area contributed by atoms with E-state index in [4.69, 9.17) is 0 Å². The van der Waals surface area contributed by atoms with Crippen LogP contribution in [0.3, 0.4) is 0 Å². The maximum Gasteiger partial charge on any atom is 0.250 e. The highest BCUT2D eigenvalue weighted by atomic mass is 16.2. The summed E-state index contributed by atoms with van der Waals surface area (Å²) >= 11 is 0. The molecule has 3 atom stereocenters. The highest BCUT2D eigenvalue weighted by Gasteiger charge is 2.48.